The van der Waals surface area contributed by atoms with Gasteiger partial charge >= 0.3 is 0 Å². The van der Waals surface area contributed by atoms with Gasteiger partial charge in [0, 0.05) is 11.6 Å². The maximum Gasteiger partial charge on any atom is 0.275 e. The molecule has 1 saturated heterocycles. The Morgan fingerprint density at radius 3 is 2.78 bits per heavy atom. The largest absolute Gasteiger partial charge is 0.386 e. The van der Waals surface area contributed by atoms with Gasteiger partial charge in [0.15, 0.2) is 6.29 Å². The Labute approximate surface area is 135 Å². The molecule has 7 nitrogen and oxygen atoms in total. The smallest absolute Gasteiger partial charge is 0.275 e. The van der Waals surface area contributed by atoms with Gasteiger partial charge in [-0.1, -0.05) is 18.2 Å². The molecule has 0 unspecified atom stereocenters. The third kappa shape index (κ3) is 4.14. The van der Waals surface area contributed by atoms with E-state index in [1.807, 2.05) is 25.9 Å². The van der Waals surface area contributed by atoms with E-state index in [2.05, 4.69) is 5.48 Å². The summed E-state index contributed by atoms with van der Waals surface area (Å²) < 4.78 is 5.54. The Kier molecular flexibility index (Phi) is 5.84. The van der Waals surface area contributed by atoms with Crippen molar-refractivity contribution in [3.8, 4) is 0 Å². The van der Waals surface area contributed by atoms with Crippen LogP contribution in [0.15, 0.2) is 24.3 Å². The van der Waals surface area contributed by atoms with Crippen LogP contribution in [0.3, 0.4) is 0 Å². The van der Waals surface area contributed by atoms with Gasteiger partial charge in [-0.25, -0.2) is 10.3 Å². The summed E-state index contributed by atoms with van der Waals surface area (Å²) in [6.07, 6.45) is -0.725. The number of ether oxygens (including phenoxy) is 1. The standard InChI is InChI=1S/C16H22N2O5/c1-10-8-13(18(2)3)14(20)16(22-10)23-17-15(21)12-7-5-4-6-11(12)9-19/h4-7,9-10,13-14,16,20H,8H2,1-3H3,(H,17,21)/t10-,13+,14-,16+/m1/s1. The highest BCUT2D eigenvalue weighted by Gasteiger charge is 2.38. The number of hydrogen-bond donors (Lipinski definition) is 2. The van der Waals surface area contributed by atoms with Gasteiger partial charge in [0.2, 0.25) is 6.29 Å². The predicted molar refractivity (Wildman–Crippen MR) is 82.8 cm³/mol. The number of carbonyl (C=O) groups excluding carboxylic acids is 2. The number of benzene rings is 1. The first-order chi connectivity index (χ1) is 10.9. The number of carbonyl (C=O) groups is 2. The highest BCUT2D eigenvalue weighted by Crippen LogP contribution is 2.23. The quantitative estimate of drug-likeness (QED) is 0.609. The Morgan fingerprint density at radius 2 is 2.13 bits per heavy atom. The molecule has 7 heteroatoms. The monoisotopic (exact) mass is 322 g/mol. The molecule has 2 rings (SSSR count). The summed E-state index contributed by atoms with van der Waals surface area (Å²) in [5.41, 5.74) is 2.71. The maximum absolute atomic E-state index is 12.1. The van der Waals surface area contributed by atoms with E-state index in [-0.39, 0.29) is 23.3 Å². The molecule has 1 aromatic rings. The fourth-order valence-corrected chi connectivity index (χ4v) is 2.61. The summed E-state index contributed by atoms with van der Waals surface area (Å²) in [6.45, 7) is 1.88. The molecule has 23 heavy (non-hydrogen) atoms. The van der Waals surface area contributed by atoms with E-state index >= 15 is 0 Å². The summed E-state index contributed by atoms with van der Waals surface area (Å²) in [7, 11) is 3.73. The maximum atomic E-state index is 12.1. The van der Waals surface area contributed by atoms with Crippen LogP contribution in [-0.4, -0.2) is 60.8 Å². The lowest BCUT2D eigenvalue weighted by molar-refractivity contribution is -0.267. The SMILES string of the molecule is C[C@@H]1C[C@H](N(C)C)[C@@H](O)[C@H](ONC(=O)c2ccccc2C=O)O1. The first-order valence-electron chi connectivity index (χ1n) is 7.44. The molecule has 0 spiro atoms. The Morgan fingerprint density at radius 1 is 1.43 bits per heavy atom. The Balaban J connectivity index is 2.01. The third-order valence-corrected chi connectivity index (χ3v) is 3.88. The number of aldehydes is 1. The minimum atomic E-state index is -0.974. The lowest BCUT2D eigenvalue weighted by Gasteiger charge is -2.40. The zero-order chi connectivity index (χ0) is 17.0. The average molecular weight is 322 g/mol. The van der Waals surface area contributed by atoms with E-state index in [0.29, 0.717) is 12.7 Å². The van der Waals surface area contributed by atoms with Gasteiger partial charge in [-0.3, -0.25) is 9.59 Å². The molecule has 0 saturated carbocycles. The van der Waals surface area contributed by atoms with Crippen LogP contribution in [0.25, 0.3) is 0 Å². The van der Waals surface area contributed by atoms with Gasteiger partial charge in [-0.2, -0.15) is 0 Å². The molecule has 0 aliphatic carbocycles. The molecule has 1 amide bonds. The summed E-state index contributed by atoms with van der Waals surface area (Å²) >= 11 is 0. The molecular weight excluding hydrogens is 300 g/mol. The van der Waals surface area contributed by atoms with Crippen LogP contribution in [0.4, 0.5) is 0 Å². The van der Waals surface area contributed by atoms with E-state index in [1.165, 1.54) is 12.1 Å². The zero-order valence-electron chi connectivity index (χ0n) is 13.4. The third-order valence-electron chi connectivity index (χ3n) is 3.88. The topological polar surface area (TPSA) is 88.1 Å². The second-order valence-corrected chi connectivity index (χ2v) is 5.83. The van der Waals surface area contributed by atoms with Crippen molar-refractivity contribution in [3.05, 3.63) is 35.4 Å². The molecule has 1 fully saturated rings. The Bertz CT molecular complexity index is 563. The Hall–Kier alpha value is -1.80. The zero-order valence-corrected chi connectivity index (χ0v) is 13.4. The van der Waals surface area contributed by atoms with Crippen LogP contribution in [0.1, 0.15) is 34.1 Å². The van der Waals surface area contributed by atoms with Crippen LogP contribution in [0, 0.1) is 0 Å². The van der Waals surface area contributed by atoms with Gasteiger partial charge in [0.05, 0.1) is 11.7 Å². The highest BCUT2D eigenvalue weighted by atomic mass is 16.8. The number of nitrogens with zero attached hydrogens (tertiary/aromatic N) is 1. The lowest BCUT2D eigenvalue weighted by Crippen LogP contribution is -2.55. The summed E-state index contributed by atoms with van der Waals surface area (Å²) in [5, 5.41) is 10.3. The molecule has 0 aromatic heterocycles. The number of amides is 1. The van der Waals surface area contributed by atoms with Gasteiger partial charge < -0.3 is 14.7 Å². The number of hydroxylamine groups is 1. The molecule has 1 aliphatic rings. The van der Waals surface area contributed by atoms with E-state index in [1.54, 1.807) is 12.1 Å². The second-order valence-electron chi connectivity index (χ2n) is 5.83. The fraction of sp³-hybridized carbons (Fsp3) is 0.500. The minimum Gasteiger partial charge on any atom is -0.386 e. The minimum absolute atomic E-state index is 0.116. The number of nitrogens with one attached hydrogen (secondary N) is 1. The van der Waals surface area contributed by atoms with E-state index in [9.17, 15) is 14.7 Å². The molecule has 0 bridgehead atoms. The first kappa shape index (κ1) is 17.6. The van der Waals surface area contributed by atoms with Crippen molar-refractivity contribution in [2.24, 2.45) is 0 Å². The number of likely N-dealkylation sites (N-methyl/N-ethyl adjacent to an activating group) is 1. The van der Waals surface area contributed by atoms with Gasteiger partial charge in [0.25, 0.3) is 5.91 Å². The lowest BCUT2D eigenvalue weighted by atomic mass is 9.99. The molecular formula is C16H22N2O5. The number of rotatable bonds is 5. The van der Waals surface area contributed by atoms with E-state index in [4.69, 9.17) is 9.57 Å². The molecule has 1 aliphatic heterocycles. The molecule has 1 aromatic carbocycles. The van der Waals surface area contributed by atoms with Gasteiger partial charge in [-0.15, -0.1) is 0 Å². The van der Waals surface area contributed by atoms with Crippen LogP contribution in [0.2, 0.25) is 0 Å². The van der Waals surface area contributed by atoms with Crippen molar-refractivity contribution in [2.75, 3.05) is 14.1 Å². The average Bonchev–Trinajstić information content (AvgIpc) is 2.54. The second kappa shape index (κ2) is 7.65. The van der Waals surface area contributed by atoms with Crippen LogP contribution in [0.5, 0.6) is 0 Å². The molecule has 4 atom stereocenters. The predicted octanol–water partition coefficient (Wildman–Crippen LogP) is 0.587. The highest BCUT2D eigenvalue weighted by molar-refractivity contribution is 6.00. The van der Waals surface area contributed by atoms with Crippen molar-refractivity contribution in [1.29, 1.82) is 0 Å². The van der Waals surface area contributed by atoms with E-state index in [0.717, 1.165) is 0 Å². The van der Waals surface area contributed by atoms with Crippen molar-refractivity contribution >= 4 is 12.2 Å². The van der Waals surface area contributed by atoms with Crippen molar-refractivity contribution in [3.63, 3.8) is 0 Å². The van der Waals surface area contributed by atoms with Crippen molar-refractivity contribution < 1.29 is 24.3 Å². The number of aliphatic hydroxyl groups excluding tert-OH is 1. The van der Waals surface area contributed by atoms with Crippen molar-refractivity contribution in [2.45, 2.75) is 37.9 Å². The van der Waals surface area contributed by atoms with Gasteiger partial charge in [0.1, 0.15) is 6.10 Å². The number of hydrogen-bond acceptors (Lipinski definition) is 6. The molecule has 126 valence electrons. The first-order valence-corrected chi connectivity index (χ1v) is 7.44. The fourth-order valence-electron chi connectivity index (χ4n) is 2.61. The van der Waals surface area contributed by atoms with Crippen LogP contribution >= 0.6 is 0 Å². The number of aliphatic hydroxyl groups is 1. The van der Waals surface area contributed by atoms with Gasteiger partial charge in [-0.05, 0) is 33.5 Å². The molecule has 2 N–H and O–H groups in total. The summed E-state index contributed by atoms with van der Waals surface area (Å²) in [4.78, 5) is 30.2. The van der Waals surface area contributed by atoms with E-state index < -0.39 is 18.3 Å². The molecule has 1 heterocycles. The normalized spacial score (nSPS) is 27.7. The van der Waals surface area contributed by atoms with Crippen LogP contribution < -0.4 is 5.48 Å². The summed E-state index contributed by atoms with van der Waals surface area (Å²) in [5.74, 6) is -0.567. The van der Waals surface area contributed by atoms with Crippen molar-refractivity contribution in [1.82, 2.24) is 10.4 Å². The van der Waals surface area contributed by atoms with Crippen LogP contribution in [-0.2, 0) is 9.57 Å². The summed E-state index contributed by atoms with van der Waals surface area (Å²) in [6, 6.07) is 6.24. The molecule has 0 radical (unpaired) electrons.